The quantitative estimate of drug-likeness (QED) is 0.570. The molecule has 3 aromatic rings. The topological polar surface area (TPSA) is 84.5 Å². The van der Waals surface area contributed by atoms with E-state index in [1.54, 1.807) is 30.3 Å². The van der Waals surface area contributed by atoms with Gasteiger partial charge in [-0.15, -0.1) is 0 Å². The van der Waals surface area contributed by atoms with Crippen LogP contribution in [0.1, 0.15) is 28.4 Å². The molecule has 0 aliphatic rings. The predicted octanol–water partition coefficient (Wildman–Crippen LogP) is 4.12. The number of nitrogens with one attached hydrogen (secondary N) is 2. The van der Waals surface area contributed by atoms with Crippen molar-refractivity contribution in [2.45, 2.75) is 25.3 Å². The molecule has 0 heterocycles. The number of aryl methyl sites for hydroxylation is 1. The summed E-state index contributed by atoms with van der Waals surface area (Å²) in [6.07, 6.45) is 0. The fourth-order valence-corrected chi connectivity index (χ4v) is 3.96. The van der Waals surface area contributed by atoms with Crippen molar-refractivity contribution in [1.82, 2.24) is 5.32 Å². The lowest BCUT2D eigenvalue weighted by molar-refractivity contribution is 0.0951. The highest BCUT2D eigenvalue weighted by molar-refractivity contribution is 7.92. The number of hydrogen-bond acceptors (Lipinski definition) is 4. The monoisotopic (exact) mass is 424 g/mol. The molecule has 7 heteroatoms. The molecule has 3 aromatic carbocycles. The summed E-state index contributed by atoms with van der Waals surface area (Å²) in [5, 5.41) is 2.87. The molecular weight excluding hydrogens is 400 g/mol. The lowest BCUT2D eigenvalue weighted by Gasteiger charge is -2.11. The lowest BCUT2D eigenvalue weighted by Crippen LogP contribution is -2.23. The van der Waals surface area contributed by atoms with Crippen LogP contribution in [0.4, 0.5) is 5.69 Å². The SMILES string of the molecule is CCOc1ccc(S(=O)(=O)Nc2cccc(C(=O)NCc3ccccc3C)c2)cc1. The first-order chi connectivity index (χ1) is 14.4. The zero-order chi connectivity index (χ0) is 21.6. The zero-order valence-corrected chi connectivity index (χ0v) is 17.7. The van der Waals surface area contributed by atoms with E-state index in [-0.39, 0.29) is 10.8 Å². The van der Waals surface area contributed by atoms with Crippen molar-refractivity contribution in [3.05, 3.63) is 89.5 Å². The Hall–Kier alpha value is -3.32. The highest BCUT2D eigenvalue weighted by Gasteiger charge is 2.15. The second-order valence-electron chi connectivity index (χ2n) is 6.70. The summed E-state index contributed by atoms with van der Waals surface area (Å²) in [6.45, 7) is 4.74. The Kier molecular flexibility index (Phi) is 6.74. The van der Waals surface area contributed by atoms with E-state index in [1.165, 1.54) is 18.2 Å². The Morgan fingerprint density at radius 3 is 2.40 bits per heavy atom. The fraction of sp³-hybridized carbons (Fsp3) is 0.174. The van der Waals surface area contributed by atoms with Gasteiger partial charge in [-0.05, 0) is 67.4 Å². The molecule has 0 radical (unpaired) electrons. The first kappa shape index (κ1) is 21.4. The van der Waals surface area contributed by atoms with E-state index in [1.807, 2.05) is 38.1 Å². The second-order valence-corrected chi connectivity index (χ2v) is 8.38. The molecule has 0 aromatic heterocycles. The summed E-state index contributed by atoms with van der Waals surface area (Å²) >= 11 is 0. The third-order valence-electron chi connectivity index (χ3n) is 4.52. The molecule has 1 amide bonds. The van der Waals surface area contributed by atoms with E-state index in [4.69, 9.17) is 4.74 Å². The maximum absolute atomic E-state index is 12.6. The van der Waals surface area contributed by atoms with Gasteiger partial charge in [-0.3, -0.25) is 9.52 Å². The van der Waals surface area contributed by atoms with Crippen LogP contribution < -0.4 is 14.8 Å². The molecule has 0 aliphatic heterocycles. The van der Waals surface area contributed by atoms with Gasteiger partial charge in [0.25, 0.3) is 15.9 Å². The molecule has 6 nitrogen and oxygen atoms in total. The van der Waals surface area contributed by atoms with E-state index in [0.29, 0.717) is 30.2 Å². The van der Waals surface area contributed by atoms with Gasteiger partial charge in [-0.2, -0.15) is 0 Å². The molecule has 0 unspecified atom stereocenters. The summed E-state index contributed by atoms with van der Waals surface area (Å²) in [4.78, 5) is 12.6. The Morgan fingerprint density at radius 2 is 1.70 bits per heavy atom. The minimum atomic E-state index is -3.79. The van der Waals surface area contributed by atoms with Crippen molar-refractivity contribution < 1.29 is 17.9 Å². The average molecular weight is 425 g/mol. The van der Waals surface area contributed by atoms with E-state index >= 15 is 0 Å². The van der Waals surface area contributed by atoms with Crippen molar-refractivity contribution in [2.24, 2.45) is 0 Å². The van der Waals surface area contributed by atoms with Gasteiger partial charge in [-0.25, -0.2) is 8.42 Å². The number of hydrogen-bond donors (Lipinski definition) is 2. The van der Waals surface area contributed by atoms with Crippen LogP contribution in [0.25, 0.3) is 0 Å². The molecule has 156 valence electrons. The van der Waals surface area contributed by atoms with Crippen molar-refractivity contribution in [3.8, 4) is 5.75 Å². The molecule has 0 spiro atoms. The smallest absolute Gasteiger partial charge is 0.261 e. The maximum Gasteiger partial charge on any atom is 0.261 e. The highest BCUT2D eigenvalue weighted by Crippen LogP contribution is 2.20. The molecule has 0 bridgehead atoms. The summed E-state index contributed by atoms with van der Waals surface area (Å²) in [6, 6.07) is 20.4. The van der Waals surface area contributed by atoms with Gasteiger partial charge in [0.1, 0.15) is 5.75 Å². The Labute approximate surface area is 177 Å². The molecule has 30 heavy (non-hydrogen) atoms. The maximum atomic E-state index is 12.6. The van der Waals surface area contributed by atoms with Gasteiger partial charge in [0.15, 0.2) is 0 Å². The molecule has 0 aliphatic carbocycles. The molecule has 0 saturated carbocycles. The Balaban J connectivity index is 1.69. The van der Waals surface area contributed by atoms with Crippen LogP contribution in [0, 0.1) is 6.92 Å². The van der Waals surface area contributed by atoms with Crippen LogP contribution in [0.5, 0.6) is 5.75 Å². The first-order valence-corrected chi connectivity index (χ1v) is 11.1. The lowest BCUT2D eigenvalue weighted by atomic mass is 10.1. The average Bonchev–Trinajstić information content (AvgIpc) is 2.73. The van der Waals surface area contributed by atoms with Crippen LogP contribution in [0.2, 0.25) is 0 Å². The standard InChI is InChI=1S/C23H24N2O4S/c1-3-29-21-11-13-22(14-12-21)30(27,28)25-20-10-6-9-18(15-20)23(26)24-16-19-8-5-4-7-17(19)2/h4-15,25H,3,16H2,1-2H3,(H,24,26). The van der Waals surface area contributed by atoms with Crippen molar-refractivity contribution in [2.75, 3.05) is 11.3 Å². The van der Waals surface area contributed by atoms with E-state index in [2.05, 4.69) is 10.0 Å². The summed E-state index contributed by atoms with van der Waals surface area (Å²) < 4.78 is 33.1. The van der Waals surface area contributed by atoms with Gasteiger partial charge in [0.2, 0.25) is 0 Å². The summed E-state index contributed by atoms with van der Waals surface area (Å²) in [7, 11) is -3.79. The third kappa shape index (κ3) is 5.39. The molecule has 0 saturated heterocycles. The zero-order valence-electron chi connectivity index (χ0n) is 16.9. The van der Waals surface area contributed by atoms with Crippen LogP contribution >= 0.6 is 0 Å². The van der Waals surface area contributed by atoms with Gasteiger partial charge in [0.05, 0.1) is 11.5 Å². The highest BCUT2D eigenvalue weighted by atomic mass is 32.2. The van der Waals surface area contributed by atoms with Crippen LogP contribution in [-0.4, -0.2) is 20.9 Å². The number of amides is 1. The van der Waals surface area contributed by atoms with Crippen molar-refractivity contribution >= 4 is 21.6 Å². The van der Waals surface area contributed by atoms with Crippen LogP contribution in [0.3, 0.4) is 0 Å². The number of benzene rings is 3. The van der Waals surface area contributed by atoms with Gasteiger partial charge in [-0.1, -0.05) is 30.3 Å². The van der Waals surface area contributed by atoms with Crippen LogP contribution in [-0.2, 0) is 16.6 Å². The van der Waals surface area contributed by atoms with Crippen molar-refractivity contribution in [1.29, 1.82) is 0 Å². The largest absolute Gasteiger partial charge is 0.494 e. The number of carbonyl (C=O) groups excluding carboxylic acids is 1. The first-order valence-electron chi connectivity index (χ1n) is 9.57. The minimum absolute atomic E-state index is 0.111. The van der Waals surface area contributed by atoms with Gasteiger partial charge < -0.3 is 10.1 Å². The Morgan fingerprint density at radius 1 is 0.967 bits per heavy atom. The van der Waals surface area contributed by atoms with Crippen LogP contribution in [0.15, 0.2) is 77.7 Å². The third-order valence-corrected chi connectivity index (χ3v) is 5.92. The number of sulfonamides is 1. The van der Waals surface area contributed by atoms with Crippen molar-refractivity contribution in [3.63, 3.8) is 0 Å². The Bertz CT molecular complexity index is 1130. The van der Waals surface area contributed by atoms with E-state index in [0.717, 1.165) is 11.1 Å². The molecule has 0 fully saturated rings. The predicted molar refractivity (Wildman–Crippen MR) is 117 cm³/mol. The number of ether oxygens (including phenoxy) is 1. The molecule has 0 atom stereocenters. The number of rotatable bonds is 8. The minimum Gasteiger partial charge on any atom is -0.494 e. The molecular formula is C23H24N2O4S. The normalized spacial score (nSPS) is 11.0. The van der Waals surface area contributed by atoms with Gasteiger partial charge >= 0.3 is 0 Å². The number of carbonyl (C=O) groups is 1. The molecule has 3 rings (SSSR count). The van der Waals surface area contributed by atoms with E-state index in [9.17, 15) is 13.2 Å². The fourth-order valence-electron chi connectivity index (χ4n) is 2.91. The summed E-state index contributed by atoms with van der Waals surface area (Å²) in [5.41, 5.74) is 2.80. The van der Waals surface area contributed by atoms with E-state index < -0.39 is 10.0 Å². The number of anilines is 1. The molecule has 2 N–H and O–H groups in total. The second kappa shape index (κ2) is 9.45. The van der Waals surface area contributed by atoms with Gasteiger partial charge in [0, 0.05) is 17.8 Å². The summed E-state index contributed by atoms with van der Waals surface area (Å²) in [5.74, 6) is 0.323.